The molecular formula is C19H29N5O3. The van der Waals surface area contributed by atoms with E-state index in [1.807, 2.05) is 29.5 Å². The lowest BCUT2D eigenvalue weighted by molar-refractivity contribution is -0.133. The van der Waals surface area contributed by atoms with Crippen molar-refractivity contribution in [2.24, 2.45) is 0 Å². The number of nitrogens with zero attached hydrogens (tertiary/aromatic N) is 5. The third-order valence-electron chi connectivity index (χ3n) is 5.50. The molecule has 1 fully saturated rings. The van der Waals surface area contributed by atoms with Crippen LogP contribution < -0.4 is 0 Å². The summed E-state index contributed by atoms with van der Waals surface area (Å²) in [5, 5.41) is 8.60. The van der Waals surface area contributed by atoms with Crippen LogP contribution in [0.3, 0.4) is 0 Å². The van der Waals surface area contributed by atoms with Crippen molar-refractivity contribution in [1.29, 1.82) is 0 Å². The Kier molecular flexibility index (Phi) is 5.94. The van der Waals surface area contributed by atoms with E-state index in [0.717, 1.165) is 36.5 Å². The summed E-state index contributed by atoms with van der Waals surface area (Å²) in [6.07, 6.45) is 2.94. The van der Waals surface area contributed by atoms with Gasteiger partial charge in [-0.25, -0.2) is 0 Å². The minimum absolute atomic E-state index is 0.173. The molecule has 148 valence electrons. The molecule has 1 aliphatic rings. The molecule has 0 radical (unpaired) electrons. The summed E-state index contributed by atoms with van der Waals surface area (Å²) >= 11 is 0. The molecule has 0 unspecified atom stereocenters. The molecule has 8 heteroatoms. The first-order valence-corrected chi connectivity index (χ1v) is 9.52. The maximum absolute atomic E-state index is 12.7. The van der Waals surface area contributed by atoms with Crippen LogP contribution >= 0.6 is 0 Å². The number of carbonyl (C=O) groups is 1. The molecule has 0 atom stereocenters. The molecule has 2 aromatic rings. The summed E-state index contributed by atoms with van der Waals surface area (Å²) in [4.78, 5) is 19.1. The normalized spacial score (nSPS) is 16.7. The van der Waals surface area contributed by atoms with E-state index in [-0.39, 0.29) is 11.3 Å². The van der Waals surface area contributed by atoms with Gasteiger partial charge in [0.15, 0.2) is 5.82 Å². The number of ether oxygens (including phenoxy) is 1. The van der Waals surface area contributed by atoms with Gasteiger partial charge >= 0.3 is 0 Å². The van der Waals surface area contributed by atoms with Crippen molar-refractivity contribution in [3.05, 3.63) is 29.2 Å². The lowest BCUT2D eigenvalue weighted by atomic mass is 9.75. The molecule has 3 rings (SSSR count). The number of carbonyl (C=O) groups excluding carboxylic acids is 1. The number of aromatic nitrogens is 4. The van der Waals surface area contributed by atoms with Crippen LogP contribution in [0.25, 0.3) is 0 Å². The van der Waals surface area contributed by atoms with Gasteiger partial charge in [0.2, 0.25) is 11.8 Å². The molecule has 8 nitrogen and oxygen atoms in total. The van der Waals surface area contributed by atoms with Gasteiger partial charge in [0.1, 0.15) is 0 Å². The van der Waals surface area contributed by atoms with E-state index in [1.165, 1.54) is 0 Å². The highest BCUT2D eigenvalue weighted by Crippen LogP contribution is 2.37. The van der Waals surface area contributed by atoms with Gasteiger partial charge in [-0.1, -0.05) is 5.16 Å². The van der Waals surface area contributed by atoms with Crippen molar-refractivity contribution in [2.45, 2.75) is 58.4 Å². The predicted octanol–water partition coefficient (Wildman–Crippen LogP) is 2.18. The number of methoxy groups -OCH3 is 1. The van der Waals surface area contributed by atoms with Crippen molar-refractivity contribution in [3.8, 4) is 0 Å². The lowest BCUT2D eigenvalue weighted by Crippen LogP contribution is -2.46. The number of hydrogen-bond donors (Lipinski definition) is 0. The Morgan fingerprint density at radius 1 is 1.30 bits per heavy atom. The molecule has 1 amide bonds. The third kappa shape index (κ3) is 4.37. The van der Waals surface area contributed by atoms with E-state index >= 15 is 0 Å². The van der Waals surface area contributed by atoms with E-state index in [9.17, 15) is 4.79 Å². The fourth-order valence-electron chi connectivity index (χ4n) is 3.84. The summed E-state index contributed by atoms with van der Waals surface area (Å²) < 4.78 is 12.4. The predicted molar refractivity (Wildman–Crippen MR) is 99.3 cm³/mol. The monoisotopic (exact) mass is 375 g/mol. The molecule has 0 aliphatic carbocycles. The molecule has 0 bridgehead atoms. The van der Waals surface area contributed by atoms with Crippen LogP contribution in [-0.2, 0) is 21.5 Å². The van der Waals surface area contributed by atoms with Crippen molar-refractivity contribution in [2.75, 3.05) is 26.8 Å². The summed E-state index contributed by atoms with van der Waals surface area (Å²) in [7, 11) is 1.70. The Hall–Kier alpha value is -2.22. The fraction of sp³-hybridized carbons (Fsp3) is 0.684. The van der Waals surface area contributed by atoms with Crippen molar-refractivity contribution in [3.63, 3.8) is 0 Å². The zero-order valence-corrected chi connectivity index (χ0v) is 16.7. The SMILES string of the molecule is COCCC1(c2noc(C)n2)CCN(C(=O)CCn2nc(C)cc2C)CC1. The molecule has 2 aromatic heterocycles. The van der Waals surface area contributed by atoms with E-state index < -0.39 is 0 Å². The van der Waals surface area contributed by atoms with E-state index in [1.54, 1.807) is 14.0 Å². The number of amides is 1. The van der Waals surface area contributed by atoms with Crippen LogP contribution in [-0.4, -0.2) is 57.5 Å². The molecule has 1 aliphatic heterocycles. The fourth-order valence-corrected chi connectivity index (χ4v) is 3.84. The van der Waals surface area contributed by atoms with Gasteiger partial charge in [-0.05, 0) is 39.2 Å². The first kappa shape index (κ1) is 19.5. The summed E-state index contributed by atoms with van der Waals surface area (Å²) in [6, 6.07) is 2.03. The minimum Gasteiger partial charge on any atom is -0.385 e. The Morgan fingerprint density at radius 3 is 2.59 bits per heavy atom. The highest BCUT2D eigenvalue weighted by atomic mass is 16.5. The molecule has 3 heterocycles. The molecule has 0 saturated carbocycles. The molecule has 0 N–H and O–H groups in total. The number of hydrogen-bond acceptors (Lipinski definition) is 6. The van der Waals surface area contributed by atoms with E-state index in [2.05, 4.69) is 15.2 Å². The highest BCUT2D eigenvalue weighted by Gasteiger charge is 2.40. The number of rotatable bonds is 7. The Morgan fingerprint density at radius 2 is 2.04 bits per heavy atom. The van der Waals surface area contributed by atoms with Gasteiger partial charge in [0.25, 0.3) is 0 Å². The Bertz CT molecular complexity index is 774. The Labute approximate surface area is 159 Å². The summed E-state index contributed by atoms with van der Waals surface area (Å²) in [5.74, 6) is 1.49. The standard InChI is InChI=1S/C19H29N5O3/c1-14-13-15(2)24(21-14)9-5-17(25)23-10-6-19(7-11-23,8-12-26-4)18-20-16(3)27-22-18/h13H,5-12H2,1-4H3. The van der Waals surface area contributed by atoms with Crippen molar-refractivity contribution in [1.82, 2.24) is 24.8 Å². The second kappa shape index (κ2) is 8.21. The van der Waals surface area contributed by atoms with Crippen molar-refractivity contribution >= 4 is 5.91 Å². The van der Waals surface area contributed by atoms with Crippen LogP contribution in [0.5, 0.6) is 0 Å². The zero-order chi connectivity index (χ0) is 19.4. The van der Waals surface area contributed by atoms with Crippen LogP contribution in [0.1, 0.15) is 48.8 Å². The van der Waals surface area contributed by atoms with Gasteiger partial charge in [-0.2, -0.15) is 10.1 Å². The average molecular weight is 375 g/mol. The van der Waals surface area contributed by atoms with Crippen LogP contribution in [0.15, 0.2) is 10.6 Å². The Balaban J connectivity index is 1.60. The average Bonchev–Trinajstić information content (AvgIpc) is 3.23. The second-order valence-electron chi connectivity index (χ2n) is 7.44. The van der Waals surface area contributed by atoms with Gasteiger partial charge in [0.05, 0.1) is 5.69 Å². The molecule has 0 spiro atoms. The highest BCUT2D eigenvalue weighted by molar-refractivity contribution is 5.76. The molecular weight excluding hydrogens is 346 g/mol. The molecule has 1 saturated heterocycles. The zero-order valence-electron chi connectivity index (χ0n) is 16.7. The minimum atomic E-state index is -0.180. The quantitative estimate of drug-likeness (QED) is 0.737. The largest absolute Gasteiger partial charge is 0.385 e. The topological polar surface area (TPSA) is 86.3 Å². The van der Waals surface area contributed by atoms with Gasteiger partial charge in [-0.3, -0.25) is 9.48 Å². The molecule has 0 aromatic carbocycles. The third-order valence-corrected chi connectivity index (χ3v) is 5.50. The number of aryl methyl sites for hydroxylation is 4. The summed E-state index contributed by atoms with van der Waals surface area (Å²) in [6.45, 7) is 8.45. The number of piperidine rings is 1. The number of likely N-dealkylation sites (tertiary alicyclic amines) is 1. The van der Waals surface area contributed by atoms with E-state index in [0.29, 0.717) is 38.6 Å². The van der Waals surface area contributed by atoms with Crippen LogP contribution in [0.2, 0.25) is 0 Å². The van der Waals surface area contributed by atoms with Crippen molar-refractivity contribution < 1.29 is 14.1 Å². The van der Waals surface area contributed by atoms with Crippen LogP contribution in [0.4, 0.5) is 0 Å². The lowest BCUT2D eigenvalue weighted by Gasteiger charge is -2.39. The maximum atomic E-state index is 12.7. The van der Waals surface area contributed by atoms with Gasteiger partial charge in [-0.15, -0.1) is 0 Å². The smallest absolute Gasteiger partial charge is 0.224 e. The van der Waals surface area contributed by atoms with Crippen LogP contribution in [0, 0.1) is 20.8 Å². The first-order chi connectivity index (χ1) is 12.9. The second-order valence-corrected chi connectivity index (χ2v) is 7.44. The van der Waals surface area contributed by atoms with Gasteiger partial charge in [0, 0.05) is 57.8 Å². The maximum Gasteiger partial charge on any atom is 0.224 e. The van der Waals surface area contributed by atoms with E-state index in [4.69, 9.17) is 9.26 Å². The first-order valence-electron chi connectivity index (χ1n) is 9.52. The summed E-state index contributed by atoms with van der Waals surface area (Å²) in [5.41, 5.74) is 1.89. The van der Waals surface area contributed by atoms with Gasteiger partial charge < -0.3 is 14.2 Å². The molecule has 27 heavy (non-hydrogen) atoms.